The van der Waals surface area contributed by atoms with Gasteiger partial charge in [-0.3, -0.25) is 0 Å². The smallest absolute Gasteiger partial charge is 0.417 e. The topological polar surface area (TPSA) is 78.8 Å². The molecule has 2 unspecified atom stereocenters. The Balaban J connectivity index is 1.80. The normalized spacial score (nSPS) is 13.6. The predicted molar refractivity (Wildman–Crippen MR) is 96.7 cm³/mol. The van der Waals surface area contributed by atoms with Gasteiger partial charge in [-0.05, 0) is 29.7 Å². The van der Waals surface area contributed by atoms with Gasteiger partial charge in [-0.2, -0.15) is 13.2 Å². The molecule has 2 aromatic carbocycles. The molecule has 5 nitrogen and oxygen atoms in total. The molecule has 0 fully saturated rings. The van der Waals surface area contributed by atoms with Crippen LogP contribution in [0.3, 0.4) is 0 Å². The predicted octanol–water partition coefficient (Wildman–Crippen LogP) is 4.07. The van der Waals surface area contributed by atoms with E-state index in [9.17, 15) is 28.2 Å². The average molecular weight is 418 g/mol. The van der Waals surface area contributed by atoms with Crippen LogP contribution < -0.4 is 5.32 Å². The van der Waals surface area contributed by atoms with Crippen molar-refractivity contribution in [3.05, 3.63) is 70.2 Å². The minimum atomic E-state index is -4.61. The lowest BCUT2D eigenvalue weighted by Crippen LogP contribution is -2.29. The Kier molecular flexibility index (Phi) is 7.68. The van der Waals surface area contributed by atoms with E-state index < -0.39 is 35.1 Å². The minimum Gasteiger partial charge on any atom is -0.445 e. The second kappa shape index (κ2) is 9.77. The number of amides is 1. The van der Waals surface area contributed by atoms with Crippen LogP contribution in [0.5, 0.6) is 0 Å². The van der Waals surface area contributed by atoms with Crippen molar-refractivity contribution in [1.29, 1.82) is 0 Å². The highest BCUT2D eigenvalue weighted by molar-refractivity contribution is 6.31. The summed E-state index contributed by atoms with van der Waals surface area (Å²) < 4.78 is 43.1. The van der Waals surface area contributed by atoms with E-state index in [1.165, 1.54) is 0 Å². The van der Waals surface area contributed by atoms with E-state index >= 15 is 0 Å². The van der Waals surface area contributed by atoms with Gasteiger partial charge in [0.25, 0.3) is 0 Å². The molecule has 0 bridgehead atoms. The van der Waals surface area contributed by atoms with Crippen molar-refractivity contribution in [3.63, 3.8) is 0 Å². The third kappa shape index (κ3) is 6.40. The van der Waals surface area contributed by atoms with Crippen LogP contribution in [0.25, 0.3) is 0 Å². The summed E-state index contributed by atoms with van der Waals surface area (Å²) in [5.41, 5.74) is -0.174. The molecule has 0 spiro atoms. The van der Waals surface area contributed by atoms with Crippen LogP contribution in [-0.4, -0.2) is 29.0 Å². The van der Waals surface area contributed by atoms with Crippen molar-refractivity contribution in [2.24, 2.45) is 0 Å². The Bertz CT molecular complexity index is 786. The van der Waals surface area contributed by atoms with Crippen LogP contribution in [0.15, 0.2) is 48.5 Å². The van der Waals surface area contributed by atoms with Crippen molar-refractivity contribution < 1.29 is 32.9 Å². The zero-order chi connectivity index (χ0) is 20.7. The van der Waals surface area contributed by atoms with Crippen LogP contribution in [0.4, 0.5) is 18.0 Å². The summed E-state index contributed by atoms with van der Waals surface area (Å²) in [6, 6.07) is 11.8. The van der Waals surface area contributed by atoms with Crippen LogP contribution >= 0.6 is 11.6 Å². The van der Waals surface area contributed by atoms with E-state index in [4.69, 9.17) is 16.3 Å². The SMILES string of the molecule is O=C(NCCC(O)C(O)c1ccc(C(F)(F)F)c(Cl)c1)OCc1ccccc1. The van der Waals surface area contributed by atoms with Crippen LogP contribution in [0.1, 0.15) is 29.2 Å². The Labute approximate surface area is 164 Å². The molecule has 0 radical (unpaired) electrons. The summed E-state index contributed by atoms with van der Waals surface area (Å²) in [6.45, 7) is 0.0854. The number of aliphatic hydroxyl groups excluding tert-OH is 2. The summed E-state index contributed by atoms with van der Waals surface area (Å²) in [4.78, 5) is 11.6. The van der Waals surface area contributed by atoms with Crippen molar-refractivity contribution >= 4 is 17.7 Å². The van der Waals surface area contributed by atoms with Gasteiger partial charge in [-0.15, -0.1) is 0 Å². The number of hydrogen-bond donors (Lipinski definition) is 3. The monoisotopic (exact) mass is 417 g/mol. The number of nitrogens with one attached hydrogen (secondary N) is 1. The number of carbonyl (C=O) groups is 1. The van der Waals surface area contributed by atoms with Crippen molar-refractivity contribution in [2.45, 2.75) is 31.4 Å². The molecule has 152 valence electrons. The number of ether oxygens (including phenoxy) is 1. The lowest BCUT2D eigenvalue weighted by molar-refractivity contribution is -0.137. The van der Waals surface area contributed by atoms with E-state index in [1.807, 2.05) is 18.2 Å². The zero-order valence-electron chi connectivity index (χ0n) is 14.6. The number of alkyl halides is 3. The van der Waals surface area contributed by atoms with E-state index in [0.29, 0.717) is 0 Å². The largest absolute Gasteiger partial charge is 0.445 e. The molecule has 3 N–H and O–H groups in total. The molecule has 2 atom stereocenters. The van der Waals surface area contributed by atoms with Gasteiger partial charge in [0.15, 0.2) is 0 Å². The highest BCUT2D eigenvalue weighted by Gasteiger charge is 2.33. The molecule has 9 heteroatoms. The first kappa shape index (κ1) is 22.0. The van der Waals surface area contributed by atoms with E-state index in [2.05, 4.69) is 5.32 Å². The van der Waals surface area contributed by atoms with Crippen molar-refractivity contribution in [3.8, 4) is 0 Å². The Hall–Kier alpha value is -2.29. The molecule has 28 heavy (non-hydrogen) atoms. The summed E-state index contributed by atoms with van der Waals surface area (Å²) >= 11 is 5.61. The number of benzene rings is 2. The first-order valence-electron chi connectivity index (χ1n) is 8.36. The molecule has 0 aromatic heterocycles. The zero-order valence-corrected chi connectivity index (χ0v) is 15.4. The lowest BCUT2D eigenvalue weighted by Gasteiger charge is -2.19. The third-order valence-corrected chi connectivity index (χ3v) is 4.24. The van der Waals surface area contributed by atoms with Gasteiger partial charge in [-0.25, -0.2) is 4.79 Å². The maximum Gasteiger partial charge on any atom is 0.417 e. The van der Waals surface area contributed by atoms with Gasteiger partial charge in [0.2, 0.25) is 0 Å². The van der Waals surface area contributed by atoms with Gasteiger partial charge in [0.1, 0.15) is 12.7 Å². The molecule has 2 aromatic rings. The molecule has 2 rings (SSSR count). The molecule has 0 heterocycles. The highest BCUT2D eigenvalue weighted by Crippen LogP contribution is 2.36. The first-order chi connectivity index (χ1) is 13.2. The fourth-order valence-corrected chi connectivity index (χ4v) is 2.72. The molecular weight excluding hydrogens is 399 g/mol. The van der Waals surface area contributed by atoms with Crippen LogP contribution in [-0.2, 0) is 17.5 Å². The number of hydrogen-bond acceptors (Lipinski definition) is 4. The van der Waals surface area contributed by atoms with E-state index in [-0.39, 0.29) is 25.1 Å². The summed E-state index contributed by atoms with van der Waals surface area (Å²) in [7, 11) is 0. The van der Waals surface area contributed by atoms with Gasteiger partial charge < -0.3 is 20.3 Å². The summed E-state index contributed by atoms with van der Waals surface area (Å²) in [5, 5.41) is 21.9. The molecule has 1 amide bonds. The van der Waals surface area contributed by atoms with Crippen LogP contribution in [0, 0.1) is 0 Å². The quantitative estimate of drug-likeness (QED) is 0.634. The fraction of sp³-hybridized carbons (Fsp3) is 0.316. The lowest BCUT2D eigenvalue weighted by atomic mass is 10.0. The Morgan fingerprint density at radius 1 is 1.14 bits per heavy atom. The highest BCUT2D eigenvalue weighted by atomic mass is 35.5. The molecule has 0 aliphatic rings. The van der Waals surface area contributed by atoms with E-state index in [1.54, 1.807) is 12.1 Å². The van der Waals surface area contributed by atoms with Gasteiger partial charge in [0.05, 0.1) is 16.7 Å². The number of rotatable bonds is 7. The molecule has 0 saturated carbocycles. The van der Waals surface area contributed by atoms with Gasteiger partial charge in [-0.1, -0.05) is 48.0 Å². The van der Waals surface area contributed by atoms with Crippen molar-refractivity contribution in [1.82, 2.24) is 5.32 Å². The van der Waals surface area contributed by atoms with Crippen molar-refractivity contribution in [2.75, 3.05) is 6.54 Å². The second-order valence-electron chi connectivity index (χ2n) is 6.03. The maximum atomic E-state index is 12.7. The van der Waals surface area contributed by atoms with E-state index in [0.717, 1.165) is 23.8 Å². The second-order valence-corrected chi connectivity index (χ2v) is 6.43. The number of halogens is 4. The molecular formula is C19H19ClF3NO4. The number of aliphatic hydroxyl groups is 2. The van der Waals surface area contributed by atoms with Gasteiger partial charge in [0, 0.05) is 6.54 Å². The molecule has 0 saturated heterocycles. The third-order valence-electron chi connectivity index (χ3n) is 3.93. The summed E-state index contributed by atoms with van der Waals surface area (Å²) in [5.74, 6) is 0. The fourth-order valence-electron chi connectivity index (χ4n) is 2.42. The van der Waals surface area contributed by atoms with Gasteiger partial charge >= 0.3 is 12.3 Å². The minimum absolute atomic E-state index is 0.000215. The number of carbonyl (C=O) groups excluding carboxylic acids is 1. The Morgan fingerprint density at radius 3 is 2.43 bits per heavy atom. The molecule has 0 aliphatic heterocycles. The molecule has 0 aliphatic carbocycles. The average Bonchev–Trinajstić information content (AvgIpc) is 2.65. The standard InChI is InChI=1S/C19H19ClF3NO4/c20-15-10-13(6-7-14(15)19(21,22)23)17(26)16(25)8-9-24-18(27)28-11-12-4-2-1-3-5-12/h1-7,10,16-17,25-26H,8-9,11H2,(H,24,27). The number of alkyl carbamates (subject to hydrolysis) is 1. The van der Waals surface area contributed by atoms with Crippen LogP contribution in [0.2, 0.25) is 5.02 Å². The summed E-state index contributed by atoms with van der Waals surface area (Å²) in [6.07, 6.45) is -8.11. The first-order valence-corrected chi connectivity index (χ1v) is 8.73. The maximum absolute atomic E-state index is 12.7. The Morgan fingerprint density at radius 2 is 1.82 bits per heavy atom.